The smallest absolute Gasteiger partial charge is 0.240 e. The minimum atomic E-state index is -3.55. The number of hydrogen-bond donors (Lipinski definition) is 2. The van der Waals surface area contributed by atoms with E-state index in [1.54, 1.807) is 12.1 Å². The van der Waals surface area contributed by atoms with Gasteiger partial charge in [0, 0.05) is 10.5 Å². The predicted octanol–water partition coefficient (Wildman–Crippen LogP) is 1.50. The van der Waals surface area contributed by atoms with Crippen LogP contribution in [0.5, 0.6) is 0 Å². The molecule has 0 aromatic heterocycles. The molecule has 0 aliphatic heterocycles. The Kier molecular flexibility index (Phi) is 4.91. The number of hydrogen-bond acceptors (Lipinski definition) is 3. The largest absolute Gasteiger partial charge is 0.395 e. The third-order valence-electron chi connectivity index (χ3n) is 2.14. The summed E-state index contributed by atoms with van der Waals surface area (Å²) in [5.41, 5.74) is 0. The summed E-state index contributed by atoms with van der Waals surface area (Å²) in [6.45, 7) is 1.61. The Morgan fingerprint density at radius 1 is 1.50 bits per heavy atom. The van der Waals surface area contributed by atoms with Crippen LogP contribution in [-0.4, -0.2) is 26.2 Å². The second kappa shape index (κ2) is 5.77. The SMILES string of the molecule is CCC(CO)NS(=O)(=O)c1cccc(Br)c1. The van der Waals surface area contributed by atoms with Gasteiger partial charge in [-0.2, -0.15) is 0 Å². The highest BCUT2D eigenvalue weighted by atomic mass is 79.9. The summed E-state index contributed by atoms with van der Waals surface area (Å²) in [5, 5.41) is 8.95. The number of nitrogens with one attached hydrogen (secondary N) is 1. The molecule has 2 N–H and O–H groups in total. The molecule has 4 nitrogen and oxygen atoms in total. The van der Waals surface area contributed by atoms with Crippen LogP contribution in [0.25, 0.3) is 0 Å². The van der Waals surface area contributed by atoms with Crippen LogP contribution in [0, 0.1) is 0 Å². The lowest BCUT2D eigenvalue weighted by Crippen LogP contribution is -2.36. The number of rotatable bonds is 5. The molecule has 1 atom stereocenters. The minimum Gasteiger partial charge on any atom is -0.395 e. The van der Waals surface area contributed by atoms with E-state index in [0.717, 1.165) is 0 Å². The number of aliphatic hydroxyl groups excluding tert-OH is 1. The van der Waals surface area contributed by atoms with Gasteiger partial charge in [-0.05, 0) is 24.6 Å². The predicted molar refractivity (Wildman–Crippen MR) is 65.6 cm³/mol. The Bertz CT molecular complexity index is 443. The third-order valence-corrected chi connectivity index (χ3v) is 4.15. The van der Waals surface area contributed by atoms with E-state index in [-0.39, 0.29) is 11.5 Å². The van der Waals surface area contributed by atoms with Crippen LogP contribution in [0.3, 0.4) is 0 Å². The van der Waals surface area contributed by atoms with E-state index in [1.165, 1.54) is 12.1 Å². The summed E-state index contributed by atoms with van der Waals surface area (Å²) >= 11 is 3.21. The molecule has 0 saturated carbocycles. The molecule has 1 unspecified atom stereocenters. The van der Waals surface area contributed by atoms with Crippen molar-refractivity contribution >= 4 is 26.0 Å². The monoisotopic (exact) mass is 307 g/mol. The molecule has 90 valence electrons. The fourth-order valence-electron chi connectivity index (χ4n) is 1.17. The fraction of sp³-hybridized carbons (Fsp3) is 0.400. The normalized spacial score (nSPS) is 13.7. The molecule has 16 heavy (non-hydrogen) atoms. The van der Waals surface area contributed by atoms with Crippen molar-refractivity contribution in [2.75, 3.05) is 6.61 Å². The van der Waals surface area contributed by atoms with Crippen LogP contribution in [0.4, 0.5) is 0 Å². The zero-order valence-corrected chi connectivity index (χ0v) is 11.3. The molecule has 6 heteroatoms. The molecule has 0 aliphatic rings. The average Bonchev–Trinajstić information content (AvgIpc) is 2.26. The Labute approximate surface area is 104 Å². The highest BCUT2D eigenvalue weighted by Gasteiger charge is 2.18. The molecule has 0 aliphatic carbocycles. The first-order chi connectivity index (χ1) is 7.49. The van der Waals surface area contributed by atoms with Gasteiger partial charge >= 0.3 is 0 Å². The lowest BCUT2D eigenvalue weighted by Gasteiger charge is -2.14. The Hall–Kier alpha value is -0.430. The van der Waals surface area contributed by atoms with Gasteiger partial charge in [-0.3, -0.25) is 0 Å². The van der Waals surface area contributed by atoms with Gasteiger partial charge in [-0.1, -0.05) is 28.9 Å². The molecule has 0 bridgehead atoms. The van der Waals surface area contributed by atoms with Gasteiger partial charge in [0.2, 0.25) is 10.0 Å². The maximum atomic E-state index is 11.9. The van der Waals surface area contributed by atoms with E-state index in [1.807, 2.05) is 6.92 Å². The van der Waals surface area contributed by atoms with Gasteiger partial charge in [0.05, 0.1) is 11.5 Å². The molecule has 0 radical (unpaired) electrons. The van der Waals surface area contributed by atoms with Crippen molar-refractivity contribution in [1.82, 2.24) is 4.72 Å². The molecule has 0 heterocycles. The van der Waals surface area contributed by atoms with Crippen LogP contribution < -0.4 is 4.72 Å². The topological polar surface area (TPSA) is 66.4 Å². The second-order valence-corrected chi connectivity index (χ2v) is 6.00. The summed E-state index contributed by atoms with van der Waals surface area (Å²) in [6, 6.07) is 5.99. The number of halogens is 1. The Morgan fingerprint density at radius 3 is 2.69 bits per heavy atom. The highest BCUT2D eigenvalue weighted by Crippen LogP contribution is 2.16. The number of sulfonamides is 1. The molecule has 0 saturated heterocycles. The molecule has 1 aromatic rings. The van der Waals surface area contributed by atoms with E-state index in [2.05, 4.69) is 20.7 Å². The summed E-state index contributed by atoms with van der Waals surface area (Å²) < 4.78 is 26.9. The van der Waals surface area contributed by atoms with Crippen molar-refractivity contribution in [2.45, 2.75) is 24.3 Å². The first-order valence-electron chi connectivity index (χ1n) is 4.88. The number of benzene rings is 1. The van der Waals surface area contributed by atoms with Crippen LogP contribution in [0.2, 0.25) is 0 Å². The van der Waals surface area contributed by atoms with Crippen LogP contribution in [-0.2, 0) is 10.0 Å². The highest BCUT2D eigenvalue weighted by molar-refractivity contribution is 9.10. The minimum absolute atomic E-state index is 0.189. The molecule has 1 aromatic carbocycles. The van der Waals surface area contributed by atoms with Gasteiger partial charge < -0.3 is 5.11 Å². The summed E-state index contributed by atoms with van der Waals surface area (Å²) in [6.07, 6.45) is 0.545. The molecular formula is C10H14BrNO3S. The number of aliphatic hydroxyl groups is 1. The maximum Gasteiger partial charge on any atom is 0.240 e. The molecular weight excluding hydrogens is 294 g/mol. The van der Waals surface area contributed by atoms with Crippen molar-refractivity contribution in [3.63, 3.8) is 0 Å². The van der Waals surface area contributed by atoms with E-state index in [0.29, 0.717) is 10.9 Å². The molecule has 0 spiro atoms. The first kappa shape index (κ1) is 13.6. The van der Waals surface area contributed by atoms with Gasteiger partial charge in [-0.25, -0.2) is 13.1 Å². The third kappa shape index (κ3) is 3.55. The van der Waals surface area contributed by atoms with Crippen molar-refractivity contribution < 1.29 is 13.5 Å². The molecule has 0 fully saturated rings. The molecule has 1 rings (SSSR count). The van der Waals surface area contributed by atoms with Crippen molar-refractivity contribution in [3.05, 3.63) is 28.7 Å². The van der Waals surface area contributed by atoms with Crippen LogP contribution in [0.15, 0.2) is 33.6 Å². The van der Waals surface area contributed by atoms with Crippen molar-refractivity contribution in [2.24, 2.45) is 0 Å². The van der Waals surface area contributed by atoms with Crippen molar-refractivity contribution in [1.29, 1.82) is 0 Å². The second-order valence-electron chi connectivity index (χ2n) is 3.37. The van der Waals surface area contributed by atoms with Crippen LogP contribution >= 0.6 is 15.9 Å². The van der Waals surface area contributed by atoms with Gasteiger partial charge in [0.25, 0.3) is 0 Å². The zero-order valence-electron chi connectivity index (χ0n) is 8.85. The van der Waals surface area contributed by atoms with Crippen molar-refractivity contribution in [3.8, 4) is 0 Å². The van der Waals surface area contributed by atoms with Gasteiger partial charge in [0.1, 0.15) is 0 Å². The molecule has 0 amide bonds. The van der Waals surface area contributed by atoms with E-state index < -0.39 is 16.1 Å². The summed E-state index contributed by atoms with van der Waals surface area (Å²) in [4.78, 5) is 0.189. The van der Waals surface area contributed by atoms with E-state index in [4.69, 9.17) is 5.11 Å². The zero-order chi connectivity index (χ0) is 12.2. The Morgan fingerprint density at radius 2 is 2.19 bits per heavy atom. The summed E-state index contributed by atoms with van der Waals surface area (Å²) in [7, 11) is -3.55. The average molecular weight is 308 g/mol. The quantitative estimate of drug-likeness (QED) is 0.866. The standard InChI is InChI=1S/C10H14BrNO3S/c1-2-9(7-13)12-16(14,15)10-5-3-4-8(11)6-10/h3-6,9,12-13H,2,7H2,1H3. The van der Waals surface area contributed by atoms with Gasteiger partial charge in [-0.15, -0.1) is 0 Å². The maximum absolute atomic E-state index is 11.9. The van der Waals surface area contributed by atoms with Gasteiger partial charge in [0.15, 0.2) is 0 Å². The fourth-order valence-corrected chi connectivity index (χ4v) is 3.08. The van der Waals surface area contributed by atoms with Crippen LogP contribution in [0.1, 0.15) is 13.3 Å². The lowest BCUT2D eigenvalue weighted by molar-refractivity contribution is 0.254. The summed E-state index contributed by atoms with van der Waals surface area (Å²) in [5.74, 6) is 0. The van der Waals surface area contributed by atoms with E-state index >= 15 is 0 Å². The Balaban J connectivity index is 2.94. The lowest BCUT2D eigenvalue weighted by atomic mass is 10.3. The first-order valence-corrected chi connectivity index (χ1v) is 7.16. The van der Waals surface area contributed by atoms with E-state index in [9.17, 15) is 8.42 Å².